The van der Waals surface area contributed by atoms with Crippen LogP contribution in [0.2, 0.25) is 0 Å². The predicted octanol–water partition coefficient (Wildman–Crippen LogP) is 2.05. The van der Waals surface area contributed by atoms with Crippen molar-refractivity contribution >= 4 is 5.69 Å². The van der Waals surface area contributed by atoms with Crippen LogP contribution in [0.4, 0.5) is 5.69 Å². The minimum Gasteiger partial charge on any atom is -0.384 e. The number of rotatable bonds is 3. The quantitative estimate of drug-likeness (QED) is 0.908. The zero-order valence-electron chi connectivity index (χ0n) is 12.2. The van der Waals surface area contributed by atoms with E-state index in [0.29, 0.717) is 0 Å². The van der Waals surface area contributed by atoms with Crippen LogP contribution in [0, 0.1) is 5.92 Å². The van der Waals surface area contributed by atoms with Gasteiger partial charge in [-0.15, -0.1) is 0 Å². The monoisotopic (exact) mass is 271 g/mol. The maximum absolute atomic E-state index is 3.60. The molecule has 0 amide bonds. The van der Waals surface area contributed by atoms with Gasteiger partial charge in [-0.3, -0.25) is 4.90 Å². The lowest BCUT2D eigenvalue weighted by Crippen LogP contribution is -2.49. The average molecular weight is 271 g/mol. The van der Waals surface area contributed by atoms with Crippen molar-refractivity contribution in [2.75, 3.05) is 44.6 Å². The molecule has 1 aromatic rings. The number of para-hydroxylation sites is 1. The highest BCUT2D eigenvalue weighted by Gasteiger charge is 2.31. The summed E-state index contributed by atoms with van der Waals surface area (Å²) < 4.78 is 0. The molecule has 1 aliphatic carbocycles. The Kier molecular flexibility index (Phi) is 3.41. The largest absolute Gasteiger partial charge is 0.384 e. The molecule has 1 saturated carbocycles. The Hall–Kier alpha value is -1.06. The van der Waals surface area contributed by atoms with Crippen LogP contribution >= 0.6 is 0 Å². The van der Waals surface area contributed by atoms with Gasteiger partial charge < -0.3 is 10.2 Å². The molecule has 108 valence electrons. The number of hydrogen-bond acceptors (Lipinski definition) is 3. The van der Waals surface area contributed by atoms with E-state index >= 15 is 0 Å². The van der Waals surface area contributed by atoms with E-state index < -0.39 is 0 Å². The van der Waals surface area contributed by atoms with E-state index in [9.17, 15) is 0 Å². The molecule has 3 aliphatic rings. The molecular weight excluding hydrogens is 246 g/mol. The van der Waals surface area contributed by atoms with Gasteiger partial charge in [-0.1, -0.05) is 18.2 Å². The predicted molar refractivity (Wildman–Crippen MR) is 83.2 cm³/mol. The van der Waals surface area contributed by atoms with Gasteiger partial charge in [-0.25, -0.2) is 0 Å². The summed E-state index contributed by atoms with van der Waals surface area (Å²) in [5.41, 5.74) is 2.85. The van der Waals surface area contributed by atoms with Crippen LogP contribution in [0.25, 0.3) is 0 Å². The van der Waals surface area contributed by atoms with Crippen molar-refractivity contribution in [1.29, 1.82) is 0 Å². The molecule has 0 aromatic heterocycles. The Labute approximate surface area is 121 Å². The molecule has 3 nitrogen and oxygen atoms in total. The summed E-state index contributed by atoms with van der Waals surface area (Å²) in [4.78, 5) is 5.38. The number of nitrogens with zero attached hydrogens (tertiary/aromatic N) is 2. The summed E-state index contributed by atoms with van der Waals surface area (Å²) >= 11 is 0. The minimum absolute atomic E-state index is 0.775. The van der Waals surface area contributed by atoms with E-state index in [1.807, 2.05) is 0 Å². The third kappa shape index (κ3) is 2.70. The SMILES string of the molecule is c1ccc2c(c1)CC(CN1CCN(C3CC3)CC1)CN2. The van der Waals surface area contributed by atoms with Crippen LogP contribution in [-0.2, 0) is 6.42 Å². The molecule has 0 spiro atoms. The third-order valence-corrected chi connectivity index (χ3v) is 5.09. The van der Waals surface area contributed by atoms with Crippen LogP contribution in [0.15, 0.2) is 24.3 Å². The summed E-state index contributed by atoms with van der Waals surface area (Å²) in [5, 5.41) is 3.60. The molecule has 0 bridgehead atoms. The summed E-state index contributed by atoms with van der Waals surface area (Å²) in [6.07, 6.45) is 4.14. The van der Waals surface area contributed by atoms with Gasteiger partial charge in [0.2, 0.25) is 0 Å². The van der Waals surface area contributed by atoms with E-state index in [1.165, 1.54) is 63.2 Å². The second-order valence-electron chi connectivity index (χ2n) is 6.68. The van der Waals surface area contributed by atoms with Crippen molar-refractivity contribution in [3.05, 3.63) is 29.8 Å². The smallest absolute Gasteiger partial charge is 0.0372 e. The lowest BCUT2D eigenvalue weighted by Gasteiger charge is -2.37. The number of benzene rings is 1. The van der Waals surface area contributed by atoms with Crippen molar-refractivity contribution in [3.63, 3.8) is 0 Å². The minimum atomic E-state index is 0.775. The fourth-order valence-corrected chi connectivity index (χ4v) is 3.75. The first-order chi connectivity index (χ1) is 9.88. The summed E-state index contributed by atoms with van der Waals surface area (Å²) in [5.74, 6) is 0.775. The van der Waals surface area contributed by atoms with Crippen molar-refractivity contribution in [2.45, 2.75) is 25.3 Å². The Balaban J connectivity index is 1.30. The number of hydrogen-bond donors (Lipinski definition) is 1. The molecule has 1 atom stereocenters. The number of nitrogens with one attached hydrogen (secondary N) is 1. The van der Waals surface area contributed by atoms with Gasteiger partial charge in [-0.2, -0.15) is 0 Å². The summed E-state index contributed by atoms with van der Waals surface area (Å²) in [7, 11) is 0. The average Bonchev–Trinajstić information content (AvgIpc) is 3.33. The van der Waals surface area contributed by atoms with Gasteiger partial charge >= 0.3 is 0 Å². The highest BCUT2D eigenvalue weighted by atomic mass is 15.3. The summed E-state index contributed by atoms with van der Waals surface area (Å²) in [6, 6.07) is 9.72. The normalized spacial score (nSPS) is 27.9. The Morgan fingerprint density at radius 3 is 2.65 bits per heavy atom. The molecular formula is C17H25N3. The van der Waals surface area contributed by atoms with E-state index in [2.05, 4.69) is 39.4 Å². The molecule has 1 saturated heterocycles. The van der Waals surface area contributed by atoms with Crippen LogP contribution < -0.4 is 5.32 Å². The maximum Gasteiger partial charge on any atom is 0.0372 e. The van der Waals surface area contributed by atoms with Crippen molar-refractivity contribution in [1.82, 2.24) is 9.80 Å². The van der Waals surface area contributed by atoms with E-state index in [1.54, 1.807) is 0 Å². The Morgan fingerprint density at radius 1 is 1.05 bits per heavy atom. The fourth-order valence-electron chi connectivity index (χ4n) is 3.75. The van der Waals surface area contributed by atoms with E-state index in [4.69, 9.17) is 0 Å². The van der Waals surface area contributed by atoms with Gasteiger partial charge in [0.1, 0.15) is 0 Å². The molecule has 2 fully saturated rings. The Bertz CT molecular complexity index is 461. The number of fused-ring (bicyclic) bond motifs is 1. The third-order valence-electron chi connectivity index (χ3n) is 5.09. The lowest BCUT2D eigenvalue weighted by molar-refractivity contribution is 0.113. The fraction of sp³-hybridized carbons (Fsp3) is 0.647. The first-order valence-electron chi connectivity index (χ1n) is 8.17. The van der Waals surface area contributed by atoms with Gasteiger partial charge in [0.05, 0.1) is 0 Å². The molecule has 4 rings (SSSR count). The van der Waals surface area contributed by atoms with E-state index in [-0.39, 0.29) is 0 Å². The molecule has 1 N–H and O–H groups in total. The number of piperazine rings is 1. The molecule has 1 aromatic carbocycles. The Morgan fingerprint density at radius 2 is 1.85 bits per heavy atom. The molecule has 1 unspecified atom stereocenters. The van der Waals surface area contributed by atoms with Crippen molar-refractivity contribution < 1.29 is 0 Å². The second-order valence-corrected chi connectivity index (χ2v) is 6.68. The first kappa shape index (κ1) is 12.7. The van der Waals surface area contributed by atoms with Gasteiger partial charge in [0.25, 0.3) is 0 Å². The molecule has 3 heteroatoms. The second kappa shape index (κ2) is 5.38. The number of anilines is 1. The molecule has 0 radical (unpaired) electrons. The molecule has 2 heterocycles. The molecule has 20 heavy (non-hydrogen) atoms. The van der Waals surface area contributed by atoms with E-state index in [0.717, 1.165) is 18.5 Å². The van der Waals surface area contributed by atoms with Gasteiger partial charge in [0.15, 0.2) is 0 Å². The van der Waals surface area contributed by atoms with Crippen molar-refractivity contribution in [3.8, 4) is 0 Å². The first-order valence-corrected chi connectivity index (χ1v) is 8.17. The highest BCUT2D eigenvalue weighted by molar-refractivity contribution is 5.53. The van der Waals surface area contributed by atoms with Gasteiger partial charge in [0, 0.05) is 51.0 Å². The highest BCUT2D eigenvalue weighted by Crippen LogP contribution is 2.28. The van der Waals surface area contributed by atoms with Crippen LogP contribution in [-0.4, -0.2) is 55.1 Å². The van der Waals surface area contributed by atoms with Crippen LogP contribution in [0.1, 0.15) is 18.4 Å². The van der Waals surface area contributed by atoms with Crippen LogP contribution in [0.3, 0.4) is 0 Å². The molecule has 2 aliphatic heterocycles. The maximum atomic E-state index is 3.60. The van der Waals surface area contributed by atoms with Crippen molar-refractivity contribution in [2.24, 2.45) is 5.92 Å². The van der Waals surface area contributed by atoms with Gasteiger partial charge in [-0.05, 0) is 36.8 Å². The van der Waals surface area contributed by atoms with Crippen LogP contribution in [0.5, 0.6) is 0 Å². The lowest BCUT2D eigenvalue weighted by atomic mass is 9.93. The summed E-state index contributed by atoms with van der Waals surface area (Å²) in [6.45, 7) is 7.53. The zero-order chi connectivity index (χ0) is 13.4. The topological polar surface area (TPSA) is 18.5 Å². The zero-order valence-corrected chi connectivity index (χ0v) is 12.2. The standard InChI is InChI=1S/C17H25N3/c1-2-4-17-15(3-1)11-14(12-18-17)13-19-7-9-20(10-8-19)16-5-6-16/h1-4,14,16,18H,5-13H2.